The summed E-state index contributed by atoms with van der Waals surface area (Å²) in [6.07, 6.45) is 0. The number of carboxylic acids is 1. The first-order valence-corrected chi connectivity index (χ1v) is 2.78. The second-order valence-electron chi connectivity index (χ2n) is 1.38. The maximum Gasteiger partial charge on any atom is 0.370 e. The summed E-state index contributed by atoms with van der Waals surface area (Å²) in [4.78, 5) is 9.71. The third-order valence-corrected chi connectivity index (χ3v) is 0.585. The normalized spacial score (nSPS) is 7.55. The lowest BCUT2D eigenvalue weighted by Crippen LogP contribution is -1.99. The molecule has 5 heteroatoms. The second kappa shape index (κ2) is 8.93. The Morgan fingerprint density at radius 1 is 1.45 bits per heavy atom. The van der Waals surface area contributed by atoms with Gasteiger partial charge in [-0.1, -0.05) is 0 Å². The van der Waals surface area contributed by atoms with Gasteiger partial charge in [-0.2, -0.15) is 0 Å². The molecule has 0 heterocycles. The van der Waals surface area contributed by atoms with Crippen molar-refractivity contribution in [1.82, 2.24) is 0 Å². The predicted octanol–water partition coefficient (Wildman–Crippen LogP) is -0.798. The summed E-state index contributed by atoms with van der Waals surface area (Å²) >= 11 is 0. The fraction of sp³-hybridized carbons (Fsp3) is 0.500. The summed E-state index contributed by atoms with van der Waals surface area (Å²) in [7, 11) is 1.26. The number of carbonyl (C=O) groups is 1. The molecule has 0 fully saturated rings. The maximum atomic E-state index is 9.71. The highest BCUT2D eigenvalue weighted by Gasteiger charge is 1.98. The molecule has 0 bridgehead atoms. The molecule has 66 valence electrons. The zero-order valence-corrected chi connectivity index (χ0v) is 6.28. The molecule has 0 aliphatic heterocycles. The summed E-state index contributed by atoms with van der Waals surface area (Å²) in [5.74, 6) is -1.36. The Bertz CT molecular complexity index is 118. The first kappa shape index (κ1) is 12.6. The zero-order valence-electron chi connectivity index (χ0n) is 6.28. The van der Waals surface area contributed by atoms with E-state index in [1.165, 1.54) is 7.11 Å². The SMILES string of the molecule is C=C(OC)C(=O)O.OCCO. The molecule has 0 aromatic carbocycles. The highest BCUT2D eigenvalue weighted by Crippen LogP contribution is 1.86. The lowest BCUT2D eigenvalue weighted by Gasteiger charge is -1.92. The van der Waals surface area contributed by atoms with Crippen molar-refractivity contribution in [3.05, 3.63) is 12.3 Å². The van der Waals surface area contributed by atoms with Crippen LogP contribution in [-0.4, -0.2) is 41.6 Å². The summed E-state index contributed by atoms with van der Waals surface area (Å²) in [6, 6.07) is 0. The van der Waals surface area contributed by atoms with E-state index in [0.29, 0.717) is 0 Å². The third-order valence-electron chi connectivity index (χ3n) is 0.585. The lowest BCUT2D eigenvalue weighted by atomic mass is 10.6. The third kappa shape index (κ3) is 12.2. The number of hydrogen-bond acceptors (Lipinski definition) is 4. The van der Waals surface area contributed by atoms with Crippen LogP contribution in [0.15, 0.2) is 12.3 Å². The van der Waals surface area contributed by atoms with E-state index < -0.39 is 5.97 Å². The molecule has 0 aromatic heterocycles. The summed E-state index contributed by atoms with van der Waals surface area (Å²) in [6.45, 7) is 2.80. The molecular weight excluding hydrogens is 152 g/mol. The lowest BCUT2D eigenvalue weighted by molar-refractivity contribution is -0.136. The van der Waals surface area contributed by atoms with Crippen LogP contribution in [0.1, 0.15) is 0 Å². The van der Waals surface area contributed by atoms with Crippen LogP contribution in [0.3, 0.4) is 0 Å². The minimum Gasteiger partial charge on any atom is -0.490 e. The van der Waals surface area contributed by atoms with E-state index in [2.05, 4.69) is 11.3 Å². The second-order valence-corrected chi connectivity index (χ2v) is 1.38. The van der Waals surface area contributed by atoms with Gasteiger partial charge in [0.2, 0.25) is 0 Å². The zero-order chi connectivity index (χ0) is 9.28. The Labute approximate surface area is 64.5 Å². The average Bonchev–Trinajstić information content (AvgIpc) is 2.03. The van der Waals surface area contributed by atoms with Gasteiger partial charge in [-0.15, -0.1) is 0 Å². The number of rotatable bonds is 3. The Balaban J connectivity index is 0. The number of aliphatic carboxylic acids is 1. The van der Waals surface area contributed by atoms with E-state index in [1.54, 1.807) is 0 Å². The number of hydrogen-bond donors (Lipinski definition) is 3. The van der Waals surface area contributed by atoms with E-state index in [-0.39, 0.29) is 19.0 Å². The molecule has 0 saturated heterocycles. The quantitative estimate of drug-likeness (QED) is 0.375. The van der Waals surface area contributed by atoms with Crippen molar-refractivity contribution in [2.24, 2.45) is 0 Å². The van der Waals surface area contributed by atoms with Gasteiger partial charge in [-0.3, -0.25) is 0 Å². The van der Waals surface area contributed by atoms with Crippen molar-refractivity contribution in [3.63, 3.8) is 0 Å². The number of aliphatic hydroxyl groups excluding tert-OH is 2. The van der Waals surface area contributed by atoms with E-state index in [0.717, 1.165) is 0 Å². The molecule has 0 aliphatic rings. The fourth-order valence-corrected chi connectivity index (χ4v) is 0.0873. The largest absolute Gasteiger partial charge is 0.490 e. The van der Waals surface area contributed by atoms with E-state index >= 15 is 0 Å². The van der Waals surface area contributed by atoms with Crippen LogP contribution in [0.5, 0.6) is 0 Å². The van der Waals surface area contributed by atoms with Gasteiger partial charge in [0, 0.05) is 0 Å². The van der Waals surface area contributed by atoms with Crippen molar-refractivity contribution in [2.75, 3.05) is 20.3 Å². The molecule has 0 radical (unpaired) electrons. The summed E-state index contributed by atoms with van der Waals surface area (Å²) < 4.78 is 4.22. The Hall–Kier alpha value is -1.07. The molecule has 3 N–H and O–H groups in total. The van der Waals surface area contributed by atoms with Crippen molar-refractivity contribution >= 4 is 5.97 Å². The van der Waals surface area contributed by atoms with Crippen LogP contribution in [0.25, 0.3) is 0 Å². The molecule has 0 unspecified atom stereocenters. The summed E-state index contributed by atoms with van der Waals surface area (Å²) in [5.41, 5.74) is 0. The van der Waals surface area contributed by atoms with Gasteiger partial charge in [0.25, 0.3) is 0 Å². The van der Waals surface area contributed by atoms with Gasteiger partial charge in [-0.25, -0.2) is 4.79 Å². The Morgan fingerprint density at radius 2 is 1.82 bits per heavy atom. The molecule has 0 spiro atoms. The van der Waals surface area contributed by atoms with Crippen LogP contribution in [0.2, 0.25) is 0 Å². The highest BCUT2D eigenvalue weighted by molar-refractivity contribution is 5.83. The fourth-order valence-electron chi connectivity index (χ4n) is 0.0873. The van der Waals surface area contributed by atoms with Crippen molar-refractivity contribution in [2.45, 2.75) is 0 Å². The van der Waals surface area contributed by atoms with E-state index in [1.807, 2.05) is 0 Å². The van der Waals surface area contributed by atoms with E-state index in [9.17, 15) is 4.79 Å². The number of aliphatic hydroxyl groups is 2. The highest BCUT2D eigenvalue weighted by atomic mass is 16.5. The van der Waals surface area contributed by atoms with Crippen LogP contribution in [0.4, 0.5) is 0 Å². The van der Waals surface area contributed by atoms with Gasteiger partial charge < -0.3 is 20.1 Å². The molecular formula is C6H12O5. The predicted molar refractivity (Wildman–Crippen MR) is 38.0 cm³/mol. The molecule has 0 aliphatic carbocycles. The maximum absolute atomic E-state index is 9.71. The minimum atomic E-state index is -1.12. The first-order chi connectivity index (χ1) is 5.09. The van der Waals surface area contributed by atoms with Crippen LogP contribution < -0.4 is 0 Å². The molecule has 0 rings (SSSR count). The van der Waals surface area contributed by atoms with Gasteiger partial charge in [0.05, 0.1) is 20.3 Å². The average molecular weight is 164 g/mol. The van der Waals surface area contributed by atoms with E-state index in [4.69, 9.17) is 15.3 Å². The first-order valence-electron chi connectivity index (χ1n) is 2.78. The molecule has 0 saturated carbocycles. The standard InChI is InChI=1S/C4H6O3.C2H6O2/c1-3(7-2)4(5)6;3-1-2-4/h1H2,2H3,(H,5,6);3-4H,1-2H2. The topological polar surface area (TPSA) is 87.0 Å². The molecule has 5 nitrogen and oxygen atoms in total. The minimum absolute atomic E-state index is 0.125. The van der Waals surface area contributed by atoms with Crippen molar-refractivity contribution in [3.8, 4) is 0 Å². The smallest absolute Gasteiger partial charge is 0.370 e. The van der Waals surface area contributed by atoms with Gasteiger partial charge in [0.1, 0.15) is 0 Å². The Morgan fingerprint density at radius 3 is 1.82 bits per heavy atom. The molecule has 0 amide bonds. The molecule has 0 atom stereocenters. The van der Waals surface area contributed by atoms with Crippen LogP contribution >= 0.6 is 0 Å². The van der Waals surface area contributed by atoms with Crippen molar-refractivity contribution in [1.29, 1.82) is 0 Å². The van der Waals surface area contributed by atoms with Gasteiger partial charge in [0.15, 0.2) is 5.76 Å². The van der Waals surface area contributed by atoms with Crippen molar-refractivity contribution < 1.29 is 24.9 Å². The monoisotopic (exact) mass is 164 g/mol. The molecule has 0 aromatic rings. The number of methoxy groups -OCH3 is 1. The van der Waals surface area contributed by atoms with Crippen LogP contribution in [-0.2, 0) is 9.53 Å². The summed E-state index contributed by atoms with van der Waals surface area (Å²) in [5, 5.41) is 23.2. The van der Waals surface area contributed by atoms with Gasteiger partial charge in [-0.05, 0) is 6.58 Å². The van der Waals surface area contributed by atoms with Crippen LogP contribution in [0, 0.1) is 0 Å². The molecule has 11 heavy (non-hydrogen) atoms. The van der Waals surface area contributed by atoms with Gasteiger partial charge >= 0.3 is 5.97 Å². The number of carboxylic acid groups (broad SMARTS) is 1. The number of ether oxygens (including phenoxy) is 1. The Kier molecular flexibility index (Phi) is 10.2.